The van der Waals surface area contributed by atoms with Crippen LogP contribution in [0.2, 0.25) is 0 Å². The van der Waals surface area contributed by atoms with Gasteiger partial charge in [-0.3, -0.25) is 0 Å². The summed E-state index contributed by atoms with van der Waals surface area (Å²) in [5.74, 6) is 0.892. The molecule has 7 heteroatoms. The zero-order valence-corrected chi connectivity index (χ0v) is 13.4. The molecule has 1 aromatic heterocycles. The number of carbonyl (C=O) groups is 1. The van der Waals surface area contributed by atoms with E-state index in [0.717, 1.165) is 26.2 Å². The first-order chi connectivity index (χ1) is 10.1. The van der Waals surface area contributed by atoms with Gasteiger partial charge in [0.05, 0.1) is 0 Å². The average Bonchev–Trinajstić information content (AvgIpc) is 2.98. The number of carbonyl (C=O) groups excluding carboxylic acids is 1. The van der Waals surface area contributed by atoms with E-state index in [9.17, 15) is 4.79 Å². The first kappa shape index (κ1) is 15.6. The Hall–Kier alpha value is -1.79. The number of nitrogens with zero attached hydrogens (tertiary/aromatic N) is 5. The van der Waals surface area contributed by atoms with Gasteiger partial charge in [0, 0.05) is 45.2 Å². The summed E-state index contributed by atoms with van der Waals surface area (Å²) in [6, 6.07) is 0.682. The normalized spacial score (nSPS) is 15.7. The van der Waals surface area contributed by atoms with E-state index >= 15 is 0 Å². The van der Waals surface area contributed by atoms with Crippen LogP contribution < -0.4 is 4.90 Å². The van der Waals surface area contributed by atoms with Crippen molar-refractivity contribution in [2.75, 3.05) is 44.2 Å². The number of hydrogen-bond acceptors (Lipinski definition) is 5. The number of anilines is 1. The van der Waals surface area contributed by atoms with Crippen molar-refractivity contribution in [2.24, 2.45) is 0 Å². The summed E-state index contributed by atoms with van der Waals surface area (Å²) in [6.45, 7) is 12.4. The lowest BCUT2D eigenvalue weighted by Gasteiger charge is -2.36. The Morgan fingerprint density at radius 3 is 2.29 bits per heavy atom. The van der Waals surface area contributed by atoms with Crippen molar-refractivity contribution < 1.29 is 9.21 Å². The highest BCUT2D eigenvalue weighted by Gasteiger charge is 2.26. The van der Waals surface area contributed by atoms with Crippen LogP contribution in [0.3, 0.4) is 0 Å². The summed E-state index contributed by atoms with van der Waals surface area (Å²) in [7, 11) is 0. The van der Waals surface area contributed by atoms with Crippen molar-refractivity contribution >= 4 is 12.0 Å². The minimum absolute atomic E-state index is 0.119. The fraction of sp³-hybridized carbons (Fsp3) is 0.786. The second-order valence-electron chi connectivity index (χ2n) is 5.51. The zero-order valence-electron chi connectivity index (χ0n) is 13.4. The molecule has 1 fully saturated rings. The lowest BCUT2D eigenvalue weighted by Crippen LogP contribution is -2.53. The molecular weight excluding hydrogens is 270 g/mol. The molecule has 0 N–H and O–H groups in total. The van der Waals surface area contributed by atoms with E-state index in [-0.39, 0.29) is 11.9 Å². The summed E-state index contributed by atoms with van der Waals surface area (Å²) < 4.78 is 5.66. The number of hydrogen-bond donors (Lipinski definition) is 0. The second-order valence-corrected chi connectivity index (χ2v) is 5.51. The van der Waals surface area contributed by atoms with Gasteiger partial charge in [0.2, 0.25) is 5.89 Å². The SMILES string of the molecule is CCN(CC)C(=O)N1CCN(c2nnc(C(C)C)o2)CC1. The van der Waals surface area contributed by atoms with Gasteiger partial charge in [-0.05, 0) is 13.8 Å². The van der Waals surface area contributed by atoms with E-state index in [0.29, 0.717) is 25.0 Å². The van der Waals surface area contributed by atoms with E-state index < -0.39 is 0 Å². The molecule has 2 rings (SSSR count). The Morgan fingerprint density at radius 1 is 1.19 bits per heavy atom. The van der Waals surface area contributed by atoms with Gasteiger partial charge in [0.15, 0.2) is 0 Å². The van der Waals surface area contributed by atoms with E-state index in [2.05, 4.69) is 10.2 Å². The predicted octanol–water partition coefficient (Wildman–Crippen LogP) is 1.78. The third-order valence-corrected chi connectivity index (χ3v) is 3.78. The number of aromatic nitrogens is 2. The summed E-state index contributed by atoms with van der Waals surface area (Å²) in [5.41, 5.74) is 0. The third kappa shape index (κ3) is 3.46. The highest BCUT2D eigenvalue weighted by molar-refractivity contribution is 5.74. The molecule has 0 unspecified atom stereocenters. The molecule has 1 aromatic rings. The molecule has 2 heterocycles. The largest absolute Gasteiger partial charge is 0.408 e. The van der Waals surface area contributed by atoms with Gasteiger partial charge in [-0.1, -0.05) is 18.9 Å². The van der Waals surface area contributed by atoms with Gasteiger partial charge < -0.3 is 19.1 Å². The van der Waals surface area contributed by atoms with Crippen LogP contribution >= 0.6 is 0 Å². The van der Waals surface area contributed by atoms with Crippen molar-refractivity contribution in [3.8, 4) is 0 Å². The van der Waals surface area contributed by atoms with Gasteiger partial charge in [0.25, 0.3) is 0 Å². The van der Waals surface area contributed by atoms with E-state index in [4.69, 9.17) is 4.42 Å². The van der Waals surface area contributed by atoms with Gasteiger partial charge in [0.1, 0.15) is 0 Å². The smallest absolute Gasteiger partial charge is 0.320 e. The van der Waals surface area contributed by atoms with Crippen LogP contribution in [0, 0.1) is 0 Å². The van der Waals surface area contributed by atoms with Crippen LogP contribution in [-0.2, 0) is 0 Å². The Morgan fingerprint density at radius 2 is 1.81 bits per heavy atom. The molecule has 0 aliphatic carbocycles. The topological polar surface area (TPSA) is 65.7 Å². The van der Waals surface area contributed by atoms with Crippen molar-refractivity contribution in [1.29, 1.82) is 0 Å². The Balaban J connectivity index is 1.92. The highest BCUT2D eigenvalue weighted by Crippen LogP contribution is 2.19. The van der Waals surface area contributed by atoms with Crippen molar-refractivity contribution in [3.63, 3.8) is 0 Å². The number of rotatable bonds is 4. The van der Waals surface area contributed by atoms with Crippen molar-refractivity contribution in [2.45, 2.75) is 33.6 Å². The first-order valence-corrected chi connectivity index (χ1v) is 7.69. The summed E-state index contributed by atoms with van der Waals surface area (Å²) >= 11 is 0. The van der Waals surface area contributed by atoms with E-state index in [1.165, 1.54) is 0 Å². The van der Waals surface area contributed by atoms with Gasteiger partial charge in [-0.15, -0.1) is 5.10 Å². The molecule has 0 bridgehead atoms. The van der Waals surface area contributed by atoms with Crippen LogP contribution in [0.25, 0.3) is 0 Å². The Kier molecular flexibility index (Phi) is 5.03. The average molecular weight is 295 g/mol. The molecule has 0 saturated carbocycles. The molecule has 0 radical (unpaired) electrons. The van der Waals surface area contributed by atoms with Crippen LogP contribution in [0.1, 0.15) is 39.5 Å². The molecule has 1 saturated heterocycles. The minimum atomic E-state index is 0.119. The second kappa shape index (κ2) is 6.78. The fourth-order valence-corrected chi connectivity index (χ4v) is 2.37. The van der Waals surface area contributed by atoms with Crippen molar-refractivity contribution in [3.05, 3.63) is 5.89 Å². The molecule has 1 aliphatic heterocycles. The third-order valence-electron chi connectivity index (χ3n) is 3.78. The molecule has 7 nitrogen and oxygen atoms in total. The molecule has 0 spiro atoms. The maximum absolute atomic E-state index is 12.3. The Bertz CT molecular complexity index is 462. The number of urea groups is 1. The predicted molar refractivity (Wildman–Crippen MR) is 80.5 cm³/mol. The maximum Gasteiger partial charge on any atom is 0.320 e. The molecule has 2 amide bonds. The molecule has 0 aromatic carbocycles. The number of piperazine rings is 1. The van der Waals surface area contributed by atoms with Crippen LogP contribution in [-0.4, -0.2) is 65.3 Å². The standard InChI is InChI=1S/C14H25N5O2/c1-5-17(6-2)14(20)19-9-7-18(8-10-19)13-16-15-12(21-13)11(3)4/h11H,5-10H2,1-4H3. The molecule has 1 aliphatic rings. The van der Waals surface area contributed by atoms with Crippen LogP contribution in [0.15, 0.2) is 4.42 Å². The fourth-order valence-electron chi connectivity index (χ4n) is 2.37. The highest BCUT2D eigenvalue weighted by atomic mass is 16.4. The summed E-state index contributed by atoms with van der Waals surface area (Å²) in [6.07, 6.45) is 0. The Labute approximate surface area is 125 Å². The van der Waals surface area contributed by atoms with E-state index in [1.54, 1.807) is 0 Å². The lowest BCUT2D eigenvalue weighted by atomic mass is 10.2. The molecule has 118 valence electrons. The van der Waals surface area contributed by atoms with Gasteiger partial charge >= 0.3 is 12.0 Å². The van der Waals surface area contributed by atoms with Crippen molar-refractivity contribution in [1.82, 2.24) is 20.0 Å². The van der Waals surface area contributed by atoms with Crippen LogP contribution in [0.5, 0.6) is 0 Å². The quantitative estimate of drug-likeness (QED) is 0.847. The molecular formula is C14H25N5O2. The minimum Gasteiger partial charge on any atom is -0.408 e. The molecule has 21 heavy (non-hydrogen) atoms. The summed E-state index contributed by atoms with van der Waals surface area (Å²) in [4.78, 5) is 18.1. The first-order valence-electron chi connectivity index (χ1n) is 7.69. The van der Waals surface area contributed by atoms with E-state index in [1.807, 2.05) is 42.4 Å². The van der Waals surface area contributed by atoms with Gasteiger partial charge in [-0.25, -0.2) is 4.79 Å². The number of amides is 2. The van der Waals surface area contributed by atoms with Crippen LogP contribution in [0.4, 0.5) is 10.8 Å². The molecule has 0 atom stereocenters. The monoisotopic (exact) mass is 295 g/mol. The zero-order chi connectivity index (χ0) is 15.4. The summed E-state index contributed by atoms with van der Waals surface area (Å²) in [5, 5.41) is 8.15. The lowest BCUT2D eigenvalue weighted by molar-refractivity contribution is 0.153. The van der Waals surface area contributed by atoms with Gasteiger partial charge in [-0.2, -0.15) is 0 Å². The maximum atomic E-state index is 12.3.